The highest BCUT2D eigenvalue weighted by Gasteiger charge is 2.38. The van der Waals surface area contributed by atoms with Crippen LogP contribution in [-0.2, 0) is 29.0 Å². The second-order valence-electron chi connectivity index (χ2n) is 12.5. The molecule has 1 fully saturated rings. The summed E-state index contributed by atoms with van der Waals surface area (Å²) in [4.78, 5) is 39.0. The molecule has 4 aromatic rings. The average Bonchev–Trinajstić information content (AvgIpc) is 3.67. The maximum absolute atomic E-state index is 13.9. The summed E-state index contributed by atoms with van der Waals surface area (Å²) in [6.07, 6.45) is 1.76. The standard InChI is InChI=1S/C35H35ClN2O5/c1-20(39)33(28-16-23-6-4-5-7-27(23)37-28)43-25-14-15-29-26(17-25)31(32(40)22-10-11-22)30(18-35(2,3)34(41)42)38(29)19-21-8-12-24(36)13-9-21/h4-9,12-15,17,22,28,33,37H,10-11,16,18-19H2,1-3H3,(H,41,42)/t28?,33-/m1/s1. The van der Waals surface area contributed by atoms with Crippen molar-refractivity contribution >= 4 is 45.7 Å². The number of hydrogen-bond donors (Lipinski definition) is 2. The highest BCUT2D eigenvalue weighted by atomic mass is 35.5. The number of ether oxygens (including phenoxy) is 1. The van der Waals surface area contributed by atoms with Crippen LogP contribution in [0.4, 0.5) is 5.69 Å². The summed E-state index contributed by atoms with van der Waals surface area (Å²) in [6, 6.07) is 20.9. The van der Waals surface area contributed by atoms with E-state index in [1.54, 1.807) is 13.8 Å². The van der Waals surface area contributed by atoms with Gasteiger partial charge in [-0.05, 0) is 87.6 Å². The molecule has 1 aliphatic heterocycles. The molecular formula is C35H35ClN2O5. The summed E-state index contributed by atoms with van der Waals surface area (Å²) in [7, 11) is 0. The number of nitrogens with zero attached hydrogens (tertiary/aromatic N) is 1. The number of ketones is 2. The van der Waals surface area contributed by atoms with E-state index < -0.39 is 17.5 Å². The van der Waals surface area contributed by atoms with E-state index in [0.717, 1.165) is 35.2 Å². The molecule has 0 saturated heterocycles. The van der Waals surface area contributed by atoms with Crippen LogP contribution in [0, 0.1) is 11.3 Å². The van der Waals surface area contributed by atoms with E-state index in [9.17, 15) is 19.5 Å². The quantitative estimate of drug-likeness (QED) is 0.181. The summed E-state index contributed by atoms with van der Waals surface area (Å²) >= 11 is 6.15. The summed E-state index contributed by atoms with van der Waals surface area (Å²) in [5, 5.41) is 14.8. The first kappa shape index (κ1) is 29.0. The molecule has 7 nitrogen and oxygen atoms in total. The first-order chi connectivity index (χ1) is 20.5. The predicted molar refractivity (Wildman–Crippen MR) is 167 cm³/mol. The van der Waals surface area contributed by atoms with Crippen LogP contribution in [0.5, 0.6) is 5.75 Å². The molecule has 1 unspecified atom stereocenters. The molecule has 2 aliphatic rings. The van der Waals surface area contributed by atoms with E-state index in [4.69, 9.17) is 16.3 Å². The number of carboxylic acids is 1. The van der Waals surface area contributed by atoms with Crippen molar-refractivity contribution in [3.63, 3.8) is 0 Å². The Morgan fingerprint density at radius 2 is 1.79 bits per heavy atom. The zero-order valence-corrected chi connectivity index (χ0v) is 25.3. The third-order valence-corrected chi connectivity index (χ3v) is 8.86. The molecule has 2 atom stereocenters. The number of fused-ring (bicyclic) bond motifs is 2. The number of carboxylic acid groups (broad SMARTS) is 1. The minimum Gasteiger partial charge on any atom is -0.481 e. The molecule has 2 heterocycles. The Hall–Kier alpha value is -4.10. The number of aliphatic carboxylic acids is 1. The molecule has 8 heteroatoms. The third-order valence-electron chi connectivity index (χ3n) is 8.61. The number of anilines is 1. The van der Waals surface area contributed by atoms with E-state index in [1.807, 2.05) is 66.7 Å². The van der Waals surface area contributed by atoms with E-state index in [2.05, 4.69) is 9.88 Å². The lowest BCUT2D eigenvalue weighted by atomic mass is 9.85. The number of rotatable bonds is 11. The third kappa shape index (κ3) is 5.78. The molecule has 43 heavy (non-hydrogen) atoms. The minimum absolute atomic E-state index is 0.0317. The highest BCUT2D eigenvalue weighted by Crippen LogP contribution is 2.41. The van der Waals surface area contributed by atoms with Gasteiger partial charge < -0.3 is 19.7 Å². The maximum Gasteiger partial charge on any atom is 0.309 e. The van der Waals surface area contributed by atoms with Gasteiger partial charge in [-0.25, -0.2) is 0 Å². The van der Waals surface area contributed by atoms with Crippen molar-refractivity contribution in [3.8, 4) is 5.75 Å². The highest BCUT2D eigenvalue weighted by molar-refractivity contribution is 6.30. The second-order valence-corrected chi connectivity index (χ2v) is 12.9. The van der Waals surface area contributed by atoms with Gasteiger partial charge in [0.1, 0.15) is 5.75 Å². The van der Waals surface area contributed by atoms with Gasteiger partial charge in [-0.2, -0.15) is 0 Å². The molecule has 1 saturated carbocycles. The van der Waals surface area contributed by atoms with Gasteiger partial charge in [0.15, 0.2) is 17.7 Å². The Morgan fingerprint density at radius 1 is 1.07 bits per heavy atom. The van der Waals surface area contributed by atoms with Crippen LogP contribution in [0.3, 0.4) is 0 Å². The molecule has 0 bridgehead atoms. The number of Topliss-reactive ketones (excluding diaryl/α,β-unsaturated/α-hetero) is 2. The van der Waals surface area contributed by atoms with Crippen molar-refractivity contribution in [1.29, 1.82) is 0 Å². The van der Waals surface area contributed by atoms with E-state index >= 15 is 0 Å². The van der Waals surface area contributed by atoms with Gasteiger partial charge in [0.05, 0.1) is 11.5 Å². The molecule has 0 spiro atoms. The lowest BCUT2D eigenvalue weighted by Gasteiger charge is -2.23. The summed E-state index contributed by atoms with van der Waals surface area (Å²) in [5.41, 5.74) is 4.07. The monoisotopic (exact) mass is 598 g/mol. The SMILES string of the molecule is CC(=O)[C@@H](Oc1ccc2c(c1)c(C(=O)C1CC1)c(CC(C)(C)C(=O)O)n2Cc1ccc(Cl)cc1)C1Cc2ccccc2N1. The van der Waals surface area contributed by atoms with Gasteiger partial charge in [-0.3, -0.25) is 14.4 Å². The molecule has 0 amide bonds. The first-order valence-electron chi connectivity index (χ1n) is 14.7. The van der Waals surface area contributed by atoms with E-state index in [-0.39, 0.29) is 29.9 Å². The number of hydrogen-bond acceptors (Lipinski definition) is 5. The van der Waals surface area contributed by atoms with Crippen molar-refractivity contribution in [2.75, 3.05) is 5.32 Å². The Labute approximate surface area is 255 Å². The van der Waals surface area contributed by atoms with Gasteiger partial charge in [-0.1, -0.05) is 41.9 Å². The fraction of sp³-hybridized carbons (Fsp3) is 0.343. The molecule has 3 aromatic carbocycles. The van der Waals surface area contributed by atoms with Crippen LogP contribution in [0.2, 0.25) is 5.02 Å². The van der Waals surface area contributed by atoms with Crippen molar-refractivity contribution in [2.45, 2.75) is 65.1 Å². The zero-order valence-electron chi connectivity index (χ0n) is 24.5. The van der Waals surface area contributed by atoms with Crippen LogP contribution < -0.4 is 10.1 Å². The van der Waals surface area contributed by atoms with Gasteiger partial charge in [0.2, 0.25) is 0 Å². The van der Waals surface area contributed by atoms with Gasteiger partial charge in [0, 0.05) is 51.8 Å². The maximum atomic E-state index is 13.9. The Kier molecular flexibility index (Phi) is 7.55. The van der Waals surface area contributed by atoms with Crippen LogP contribution in [-0.4, -0.2) is 39.4 Å². The Balaban J connectivity index is 1.44. The molecule has 6 rings (SSSR count). The van der Waals surface area contributed by atoms with Crippen molar-refractivity contribution in [1.82, 2.24) is 4.57 Å². The van der Waals surface area contributed by atoms with Gasteiger partial charge >= 0.3 is 5.97 Å². The number of carbonyl (C=O) groups excluding carboxylic acids is 2. The van der Waals surface area contributed by atoms with Crippen molar-refractivity contribution in [3.05, 3.63) is 94.1 Å². The number of carbonyl (C=O) groups is 3. The Bertz CT molecular complexity index is 1710. The summed E-state index contributed by atoms with van der Waals surface area (Å²) in [6.45, 7) is 5.34. The number of halogens is 1. The van der Waals surface area contributed by atoms with Crippen LogP contribution in [0.15, 0.2) is 66.7 Å². The lowest BCUT2D eigenvalue weighted by molar-refractivity contribution is -0.146. The van der Waals surface area contributed by atoms with Crippen LogP contribution in [0.1, 0.15) is 60.8 Å². The molecule has 1 aromatic heterocycles. The largest absolute Gasteiger partial charge is 0.481 e. The number of benzene rings is 3. The second kappa shape index (κ2) is 11.2. The molecule has 0 radical (unpaired) electrons. The molecule has 222 valence electrons. The fourth-order valence-corrected chi connectivity index (χ4v) is 6.15. The molecule has 1 aliphatic carbocycles. The van der Waals surface area contributed by atoms with Crippen molar-refractivity contribution < 1.29 is 24.2 Å². The topological polar surface area (TPSA) is 97.6 Å². The first-order valence-corrected chi connectivity index (χ1v) is 15.1. The zero-order chi connectivity index (χ0) is 30.5. The minimum atomic E-state index is -1.10. The predicted octanol–water partition coefficient (Wildman–Crippen LogP) is 6.96. The van der Waals surface area contributed by atoms with Gasteiger partial charge in [-0.15, -0.1) is 0 Å². The molecular weight excluding hydrogens is 564 g/mol. The number of nitrogens with one attached hydrogen (secondary N) is 1. The normalized spacial score (nSPS) is 16.9. The van der Waals surface area contributed by atoms with E-state index in [1.165, 1.54) is 6.92 Å². The molecule has 2 N–H and O–H groups in total. The fourth-order valence-electron chi connectivity index (χ4n) is 6.02. The lowest BCUT2D eigenvalue weighted by Crippen LogP contribution is -2.41. The number of para-hydroxylation sites is 1. The Morgan fingerprint density at radius 3 is 2.44 bits per heavy atom. The van der Waals surface area contributed by atoms with Crippen molar-refractivity contribution in [2.24, 2.45) is 11.3 Å². The summed E-state index contributed by atoms with van der Waals surface area (Å²) < 4.78 is 8.44. The van der Waals surface area contributed by atoms with Crippen LogP contribution >= 0.6 is 11.6 Å². The smallest absolute Gasteiger partial charge is 0.309 e. The summed E-state index contributed by atoms with van der Waals surface area (Å²) in [5.74, 6) is -0.577. The van der Waals surface area contributed by atoms with Gasteiger partial charge in [0.25, 0.3) is 0 Å². The number of aromatic nitrogens is 1. The van der Waals surface area contributed by atoms with E-state index in [0.29, 0.717) is 40.4 Å². The average molecular weight is 599 g/mol. The van der Waals surface area contributed by atoms with Crippen LogP contribution in [0.25, 0.3) is 10.9 Å².